The van der Waals surface area contributed by atoms with Crippen molar-refractivity contribution < 1.29 is 24.0 Å². The van der Waals surface area contributed by atoms with E-state index in [1.165, 1.54) is 5.56 Å². The maximum atomic E-state index is 13.2. The Morgan fingerprint density at radius 2 is 1.28 bits per heavy atom. The third-order valence-electron chi connectivity index (χ3n) is 8.26. The molecule has 2 heterocycles. The summed E-state index contributed by atoms with van der Waals surface area (Å²) < 4.78 is 5.50. The van der Waals surface area contributed by atoms with E-state index in [2.05, 4.69) is 84.4 Å². The average molecular weight is 675 g/mol. The zero-order valence-corrected chi connectivity index (χ0v) is 29.2. The largest absolute Gasteiger partial charge is 0.481 e. The fraction of sp³-hybridized carbons (Fsp3) is 0.308. The molecule has 3 N–H and O–H groups in total. The second-order valence-electron chi connectivity index (χ2n) is 14.2. The van der Waals surface area contributed by atoms with E-state index < -0.39 is 23.8 Å². The number of hydrogen-bond acceptors (Lipinski definition) is 8. The molecule has 0 radical (unpaired) electrons. The molecule has 11 nitrogen and oxygen atoms in total. The van der Waals surface area contributed by atoms with Crippen LogP contribution in [0.5, 0.6) is 0 Å². The number of carboxylic acid groups (broad SMARTS) is 1. The Kier molecular flexibility index (Phi) is 10.5. The van der Waals surface area contributed by atoms with Gasteiger partial charge in [0.15, 0.2) is 5.82 Å². The number of amides is 2. The molecule has 3 aromatic carbocycles. The van der Waals surface area contributed by atoms with Crippen molar-refractivity contribution in [3.05, 3.63) is 107 Å². The van der Waals surface area contributed by atoms with Gasteiger partial charge >= 0.3 is 5.97 Å². The third-order valence-corrected chi connectivity index (χ3v) is 8.26. The fourth-order valence-corrected chi connectivity index (χ4v) is 5.18. The standard InChI is InChI=1S/C39H42N6O5/c1-38(2,3)29-15-11-26(12-16-29)34-44-37(50-45-34)28-22-41-33(42-23-28)25-9-7-24(8-10-25)21-31(36(49)40-20-19-32(46)47)43-35(48)27-13-17-30(18-14-27)39(4,5)6/h7-18,22-23,31H,19-21H2,1-6H3,(H,40,49)(H,43,48)(H,46,47). The van der Waals surface area contributed by atoms with Crippen LogP contribution < -0.4 is 10.6 Å². The number of nitrogens with zero attached hydrogens (tertiary/aromatic N) is 4. The predicted octanol–water partition coefficient (Wildman–Crippen LogP) is 6.39. The van der Waals surface area contributed by atoms with Crippen molar-refractivity contribution in [1.82, 2.24) is 30.7 Å². The lowest BCUT2D eigenvalue weighted by Gasteiger charge is -2.20. The van der Waals surface area contributed by atoms with Crippen molar-refractivity contribution >= 4 is 17.8 Å². The number of rotatable bonds is 11. The minimum Gasteiger partial charge on any atom is -0.481 e. The predicted molar refractivity (Wildman–Crippen MR) is 190 cm³/mol. The molecule has 258 valence electrons. The SMILES string of the molecule is CC(C)(C)c1ccc(C(=O)NC(Cc2ccc(-c3ncc(-c4nc(-c5ccc(C(C)(C)C)cc5)no4)cn3)cc2)C(=O)NCCC(=O)O)cc1. The Morgan fingerprint density at radius 3 is 1.84 bits per heavy atom. The van der Waals surface area contributed by atoms with E-state index in [4.69, 9.17) is 9.63 Å². The van der Waals surface area contributed by atoms with Crippen molar-refractivity contribution in [1.29, 1.82) is 0 Å². The number of benzene rings is 3. The Bertz CT molecular complexity index is 1940. The monoisotopic (exact) mass is 674 g/mol. The second kappa shape index (κ2) is 14.8. The Hall–Kier alpha value is -5.71. The van der Waals surface area contributed by atoms with Gasteiger partial charge in [-0.25, -0.2) is 9.97 Å². The van der Waals surface area contributed by atoms with E-state index in [1.54, 1.807) is 24.5 Å². The summed E-state index contributed by atoms with van der Waals surface area (Å²) in [7, 11) is 0. The van der Waals surface area contributed by atoms with Gasteiger partial charge in [0.2, 0.25) is 11.7 Å². The van der Waals surface area contributed by atoms with E-state index in [0.717, 1.165) is 22.3 Å². The number of carbonyl (C=O) groups is 3. The Morgan fingerprint density at radius 1 is 0.740 bits per heavy atom. The molecule has 1 unspecified atom stereocenters. The topological polar surface area (TPSA) is 160 Å². The van der Waals surface area contributed by atoms with Gasteiger partial charge in [0.1, 0.15) is 6.04 Å². The van der Waals surface area contributed by atoms with Gasteiger partial charge in [-0.05, 0) is 39.7 Å². The number of hydrogen-bond donors (Lipinski definition) is 3. The van der Waals surface area contributed by atoms with Crippen LogP contribution in [0.25, 0.3) is 34.2 Å². The van der Waals surface area contributed by atoms with E-state index >= 15 is 0 Å². The van der Waals surface area contributed by atoms with Crippen molar-refractivity contribution in [2.24, 2.45) is 0 Å². The van der Waals surface area contributed by atoms with Crippen LogP contribution in [-0.2, 0) is 26.8 Å². The van der Waals surface area contributed by atoms with Crippen LogP contribution in [-0.4, -0.2) is 55.6 Å². The number of aromatic nitrogens is 4. The lowest BCUT2D eigenvalue weighted by atomic mass is 9.86. The van der Waals surface area contributed by atoms with Gasteiger partial charge in [-0.3, -0.25) is 14.4 Å². The molecular formula is C39H42N6O5. The van der Waals surface area contributed by atoms with Crippen LogP contribution in [0.2, 0.25) is 0 Å². The highest BCUT2D eigenvalue weighted by molar-refractivity contribution is 5.97. The quantitative estimate of drug-likeness (QED) is 0.144. The minimum atomic E-state index is -1.03. The number of nitrogens with one attached hydrogen (secondary N) is 2. The highest BCUT2D eigenvalue weighted by Gasteiger charge is 2.23. The molecule has 50 heavy (non-hydrogen) atoms. The van der Waals surface area contributed by atoms with Crippen LogP contribution in [0.3, 0.4) is 0 Å². The maximum absolute atomic E-state index is 13.2. The highest BCUT2D eigenvalue weighted by Crippen LogP contribution is 2.27. The molecule has 0 fully saturated rings. The molecule has 0 aliphatic carbocycles. The van der Waals surface area contributed by atoms with Crippen LogP contribution in [0, 0.1) is 0 Å². The molecule has 2 amide bonds. The molecule has 0 saturated heterocycles. The van der Waals surface area contributed by atoms with E-state index in [1.807, 2.05) is 48.5 Å². The molecule has 0 aliphatic rings. The van der Waals surface area contributed by atoms with Crippen molar-refractivity contribution in [3.63, 3.8) is 0 Å². The molecule has 5 aromatic rings. The molecule has 2 aromatic heterocycles. The molecule has 0 bridgehead atoms. The van der Waals surface area contributed by atoms with Crippen molar-refractivity contribution in [2.45, 2.75) is 71.3 Å². The first-order chi connectivity index (χ1) is 23.7. The Labute approximate surface area is 291 Å². The lowest BCUT2D eigenvalue weighted by Crippen LogP contribution is -2.48. The van der Waals surface area contributed by atoms with Gasteiger partial charge in [0.25, 0.3) is 11.8 Å². The molecule has 11 heteroatoms. The summed E-state index contributed by atoms with van der Waals surface area (Å²) in [5.41, 5.74) is 5.64. The second-order valence-corrected chi connectivity index (χ2v) is 14.2. The average Bonchev–Trinajstić information content (AvgIpc) is 3.58. The molecule has 0 spiro atoms. The van der Waals surface area contributed by atoms with Crippen molar-refractivity contribution in [2.75, 3.05) is 6.54 Å². The first-order valence-electron chi connectivity index (χ1n) is 16.4. The number of aliphatic carboxylic acids is 1. The van der Waals surface area contributed by atoms with Gasteiger partial charge in [-0.15, -0.1) is 0 Å². The van der Waals surface area contributed by atoms with E-state index in [9.17, 15) is 14.4 Å². The molecule has 0 saturated carbocycles. The van der Waals surface area contributed by atoms with E-state index in [0.29, 0.717) is 28.7 Å². The molecule has 0 aliphatic heterocycles. The van der Waals surface area contributed by atoms with Crippen LogP contribution in [0.4, 0.5) is 0 Å². The first-order valence-corrected chi connectivity index (χ1v) is 16.4. The summed E-state index contributed by atoms with van der Waals surface area (Å²) in [5.74, 6) is -0.641. The van der Waals surface area contributed by atoms with Gasteiger partial charge in [-0.1, -0.05) is 107 Å². The van der Waals surface area contributed by atoms with Crippen LogP contribution in [0.1, 0.15) is 75.0 Å². The third kappa shape index (κ3) is 9.04. The minimum absolute atomic E-state index is 0.0429. The smallest absolute Gasteiger partial charge is 0.305 e. The summed E-state index contributed by atoms with van der Waals surface area (Å²) in [4.78, 5) is 50.8. The number of carboxylic acids is 1. The fourth-order valence-electron chi connectivity index (χ4n) is 5.18. The van der Waals surface area contributed by atoms with Gasteiger partial charge in [0.05, 0.1) is 12.0 Å². The normalized spacial score (nSPS) is 12.3. The first kappa shape index (κ1) is 35.6. The summed E-state index contributed by atoms with van der Waals surface area (Å²) >= 11 is 0. The highest BCUT2D eigenvalue weighted by atomic mass is 16.5. The van der Waals surface area contributed by atoms with E-state index in [-0.39, 0.29) is 30.2 Å². The van der Waals surface area contributed by atoms with Gasteiger partial charge < -0.3 is 20.3 Å². The molecular weight excluding hydrogens is 632 g/mol. The summed E-state index contributed by atoms with van der Waals surface area (Å²) in [6.45, 7) is 12.7. The summed E-state index contributed by atoms with van der Waals surface area (Å²) in [6, 6.07) is 21.8. The van der Waals surface area contributed by atoms with Crippen LogP contribution in [0.15, 0.2) is 89.7 Å². The lowest BCUT2D eigenvalue weighted by molar-refractivity contribution is -0.137. The molecule has 1 atom stereocenters. The van der Waals surface area contributed by atoms with Gasteiger partial charge in [-0.2, -0.15) is 4.98 Å². The van der Waals surface area contributed by atoms with Crippen LogP contribution >= 0.6 is 0 Å². The molecule has 5 rings (SSSR count). The number of carbonyl (C=O) groups excluding carboxylic acids is 2. The zero-order valence-electron chi connectivity index (χ0n) is 29.2. The zero-order chi connectivity index (χ0) is 36.1. The van der Waals surface area contributed by atoms with Gasteiger partial charge in [0, 0.05) is 42.0 Å². The maximum Gasteiger partial charge on any atom is 0.305 e. The summed E-state index contributed by atoms with van der Waals surface area (Å²) in [5, 5.41) is 18.6. The van der Waals surface area contributed by atoms with Crippen molar-refractivity contribution in [3.8, 4) is 34.2 Å². The Balaban J connectivity index is 1.26. The summed E-state index contributed by atoms with van der Waals surface area (Å²) in [6.07, 6.45) is 3.20.